The van der Waals surface area contributed by atoms with Gasteiger partial charge in [-0.25, -0.2) is 0 Å². The lowest BCUT2D eigenvalue weighted by Crippen LogP contribution is -2.59. The second kappa shape index (κ2) is 25.2. The Morgan fingerprint density at radius 1 is 0.550 bits per heavy atom. The number of aliphatic hydroxyl groups excluding tert-OH is 6. The van der Waals surface area contributed by atoms with E-state index in [1.807, 2.05) is 6.92 Å². The van der Waals surface area contributed by atoms with Crippen LogP contribution >= 0.6 is 0 Å². The van der Waals surface area contributed by atoms with Gasteiger partial charge in [0.2, 0.25) is 0 Å². The van der Waals surface area contributed by atoms with Crippen molar-refractivity contribution in [1.29, 1.82) is 0 Å². The molecule has 40 heavy (non-hydrogen) atoms. The summed E-state index contributed by atoms with van der Waals surface area (Å²) in [7, 11) is 0. The summed E-state index contributed by atoms with van der Waals surface area (Å²) in [6.07, 6.45) is 19.8. The van der Waals surface area contributed by atoms with Crippen molar-refractivity contribution in [2.24, 2.45) is 0 Å². The zero-order chi connectivity index (χ0) is 29.4. The molecule has 0 aromatic heterocycles. The second-order valence-corrected chi connectivity index (χ2v) is 12.2. The molecule has 0 aliphatic carbocycles. The van der Waals surface area contributed by atoms with Crippen LogP contribution in [0.4, 0.5) is 0 Å². The van der Waals surface area contributed by atoms with Crippen LogP contribution in [0.3, 0.4) is 0 Å². The highest BCUT2D eigenvalue weighted by Gasteiger charge is 2.43. The van der Waals surface area contributed by atoms with Crippen LogP contribution in [0.1, 0.15) is 148 Å². The van der Waals surface area contributed by atoms with Gasteiger partial charge in [-0.2, -0.15) is 0 Å². The van der Waals surface area contributed by atoms with Gasteiger partial charge in [0.15, 0.2) is 6.29 Å². The van der Waals surface area contributed by atoms with E-state index < -0.39 is 43.4 Å². The van der Waals surface area contributed by atoms with E-state index in [4.69, 9.17) is 9.47 Å². The standard InChI is InChI=1S/C32H64O8/c1-26(34)21-19-17-15-13-11-9-7-5-3-2-4-6-8-10-12-14-16-18-20-22-27(35)23-24-39-32-31(38)30(37)29(36)28(25-33)40-32/h26-38H,2-25H2,1H3/t26?,27?,28-,29-,30+,31-,32-/m1/s1. The zero-order valence-corrected chi connectivity index (χ0v) is 25.5. The molecule has 8 heteroatoms. The molecule has 0 saturated carbocycles. The summed E-state index contributed by atoms with van der Waals surface area (Å²) in [5, 5.41) is 58.2. The van der Waals surface area contributed by atoms with E-state index in [0.717, 1.165) is 19.3 Å². The lowest BCUT2D eigenvalue weighted by Gasteiger charge is -2.39. The van der Waals surface area contributed by atoms with E-state index in [0.29, 0.717) is 12.8 Å². The van der Waals surface area contributed by atoms with E-state index in [1.54, 1.807) is 0 Å². The minimum Gasteiger partial charge on any atom is -0.394 e. The van der Waals surface area contributed by atoms with Crippen molar-refractivity contribution < 1.29 is 40.1 Å². The molecule has 1 saturated heterocycles. The smallest absolute Gasteiger partial charge is 0.186 e. The van der Waals surface area contributed by atoms with Crippen molar-refractivity contribution in [2.45, 2.75) is 191 Å². The zero-order valence-electron chi connectivity index (χ0n) is 25.5. The van der Waals surface area contributed by atoms with Gasteiger partial charge in [0, 0.05) is 0 Å². The molecule has 1 rings (SSSR count). The Morgan fingerprint density at radius 2 is 0.950 bits per heavy atom. The largest absolute Gasteiger partial charge is 0.394 e. The predicted octanol–water partition coefficient (Wildman–Crippen LogP) is 5.13. The minimum absolute atomic E-state index is 0.135. The summed E-state index contributed by atoms with van der Waals surface area (Å²) < 4.78 is 10.8. The van der Waals surface area contributed by atoms with Crippen LogP contribution in [0.15, 0.2) is 0 Å². The average Bonchev–Trinajstić information content (AvgIpc) is 2.93. The molecule has 0 bridgehead atoms. The summed E-state index contributed by atoms with van der Waals surface area (Å²) in [6, 6.07) is 0. The fraction of sp³-hybridized carbons (Fsp3) is 1.00. The van der Waals surface area contributed by atoms with Crippen LogP contribution in [0, 0.1) is 0 Å². The first-order valence-electron chi connectivity index (χ1n) is 16.6. The van der Waals surface area contributed by atoms with E-state index in [9.17, 15) is 30.6 Å². The molecule has 2 unspecified atom stereocenters. The van der Waals surface area contributed by atoms with E-state index in [1.165, 1.54) is 109 Å². The van der Waals surface area contributed by atoms with Gasteiger partial charge in [-0.05, 0) is 26.2 Å². The van der Waals surface area contributed by atoms with E-state index in [2.05, 4.69) is 0 Å². The van der Waals surface area contributed by atoms with Crippen molar-refractivity contribution in [1.82, 2.24) is 0 Å². The van der Waals surface area contributed by atoms with Gasteiger partial charge >= 0.3 is 0 Å². The highest BCUT2D eigenvalue weighted by Crippen LogP contribution is 2.22. The summed E-state index contributed by atoms with van der Waals surface area (Å²) >= 11 is 0. The van der Waals surface area contributed by atoms with E-state index in [-0.39, 0.29) is 12.7 Å². The number of ether oxygens (including phenoxy) is 2. The third-order valence-corrected chi connectivity index (χ3v) is 8.24. The van der Waals surface area contributed by atoms with Gasteiger partial charge < -0.3 is 40.1 Å². The first-order valence-corrected chi connectivity index (χ1v) is 16.6. The van der Waals surface area contributed by atoms with Crippen molar-refractivity contribution >= 4 is 0 Å². The average molecular weight is 577 g/mol. The first-order chi connectivity index (χ1) is 19.4. The second-order valence-electron chi connectivity index (χ2n) is 12.2. The quantitative estimate of drug-likeness (QED) is 0.0740. The molecule has 1 fully saturated rings. The normalized spacial score (nSPS) is 24.8. The third-order valence-electron chi connectivity index (χ3n) is 8.24. The molecule has 0 aromatic rings. The highest BCUT2D eigenvalue weighted by atomic mass is 16.7. The topological polar surface area (TPSA) is 140 Å². The summed E-state index contributed by atoms with van der Waals surface area (Å²) in [6.45, 7) is 1.56. The number of aliphatic hydroxyl groups is 6. The SMILES string of the molecule is CC(O)CCCCCCCCCCCCCCCCCCCCCC(O)CCO[C@@H]1O[C@H](CO)[C@@H](O)[C@H](O)[C@H]1O. The predicted molar refractivity (Wildman–Crippen MR) is 159 cm³/mol. The van der Waals surface area contributed by atoms with Crippen molar-refractivity contribution in [3.8, 4) is 0 Å². The molecule has 7 atom stereocenters. The van der Waals surface area contributed by atoms with Crippen molar-refractivity contribution in [3.05, 3.63) is 0 Å². The van der Waals surface area contributed by atoms with Gasteiger partial charge in [-0.15, -0.1) is 0 Å². The van der Waals surface area contributed by atoms with Crippen LogP contribution in [0.5, 0.6) is 0 Å². The Morgan fingerprint density at radius 3 is 1.35 bits per heavy atom. The lowest BCUT2D eigenvalue weighted by atomic mass is 9.99. The minimum atomic E-state index is -1.44. The monoisotopic (exact) mass is 576 g/mol. The Labute approximate surface area is 244 Å². The molecular weight excluding hydrogens is 512 g/mol. The molecule has 0 aromatic carbocycles. The van der Waals surface area contributed by atoms with Crippen molar-refractivity contribution in [2.75, 3.05) is 13.2 Å². The highest BCUT2D eigenvalue weighted by molar-refractivity contribution is 4.88. The maximum absolute atomic E-state index is 10.2. The Bertz CT molecular complexity index is 547. The molecule has 0 amide bonds. The first kappa shape index (κ1) is 37.7. The Hall–Kier alpha value is -0.320. The summed E-state index contributed by atoms with van der Waals surface area (Å²) in [5.74, 6) is 0. The van der Waals surface area contributed by atoms with Crippen LogP contribution in [-0.2, 0) is 9.47 Å². The van der Waals surface area contributed by atoms with Crippen LogP contribution in [0.25, 0.3) is 0 Å². The molecule has 1 aliphatic rings. The van der Waals surface area contributed by atoms with Crippen LogP contribution in [0.2, 0.25) is 0 Å². The maximum atomic E-state index is 10.2. The molecule has 1 aliphatic heterocycles. The third kappa shape index (κ3) is 19.0. The van der Waals surface area contributed by atoms with Gasteiger partial charge in [0.05, 0.1) is 25.4 Å². The summed E-state index contributed by atoms with van der Waals surface area (Å²) in [4.78, 5) is 0. The van der Waals surface area contributed by atoms with Crippen LogP contribution < -0.4 is 0 Å². The number of hydrogen-bond donors (Lipinski definition) is 6. The van der Waals surface area contributed by atoms with Gasteiger partial charge in [0.1, 0.15) is 24.4 Å². The van der Waals surface area contributed by atoms with Crippen molar-refractivity contribution in [3.63, 3.8) is 0 Å². The van der Waals surface area contributed by atoms with Crippen LogP contribution in [-0.4, -0.2) is 86.8 Å². The van der Waals surface area contributed by atoms with E-state index >= 15 is 0 Å². The van der Waals surface area contributed by atoms with Gasteiger partial charge in [-0.3, -0.25) is 0 Å². The number of rotatable bonds is 27. The number of hydrogen-bond acceptors (Lipinski definition) is 8. The molecule has 1 heterocycles. The molecule has 0 spiro atoms. The fourth-order valence-electron chi connectivity index (χ4n) is 5.49. The Kier molecular flexibility index (Phi) is 23.8. The van der Waals surface area contributed by atoms with Gasteiger partial charge in [0.25, 0.3) is 0 Å². The summed E-state index contributed by atoms with van der Waals surface area (Å²) in [5.41, 5.74) is 0. The molecule has 240 valence electrons. The molecular formula is C32H64O8. The fourth-order valence-corrected chi connectivity index (χ4v) is 5.49. The molecule has 8 nitrogen and oxygen atoms in total. The molecule has 0 radical (unpaired) electrons. The molecule has 6 N–H and O–H groups in total. The maximum Gasteiger partial charge on any atom is 0.186 e. The van der Waals surface area contributed by atoms with Gasteiger partial charge in [-0.1, -0.05) is 122 Å². The number of unbranched alkanes of at least 4 members (excludes halogenated alkanes) is 18. The Balaban J connectivity index is 1.80. The lowest BCUT2D eigenvalue weighted by molar-refractivity contribution is -0.301.